The number of hydrogen-bond donors (Lipinski definition) is 1. The molecule has 1 N–H and O–H groups in total. The summed E-state index contributed by atoms with van der Waals surface area (Å²) in [6, 6.07) is 4.10. The summed E-state index contributed by atoms with van der Waals surface area (Å²) >= 11 is 0. The van der Waals surface area contributed by atoms with Crippen LogP contribution < -0.4 is 0 Å². The molecule has 1 amide bonds. The molecule has 0 aromatic heterocycles. The molecule has 1 fully saturated rings. The summed E-state index contributed by atoms with van der Waals surface area (Å²) in [6.45, 7) is 7.46. The van der Waals surface area contributed by atoms with Gasteiger partial charge in [0.2, 0.25) is 0 Å². The third-order valence-electron chi connectivity index (χ3n) is 4.46. The summed E-state index contributed by atoms with van der Waals surface area (Å²) in [5.74, 6) is -0.358. The van der Waals surface area contributed by atoms with Crippen molar-refractivity contribution in [3.8, 4) is 0 Å². The molecule has 1 heterocycles. The van der Waals surface area contributed by atoms with E-state index in [-0.39, 0.29) is 12.3 Å². The first kappa shape index (κ1) is 16.5. The molecule has 4 heteroatoms. The fraction of sp³-hybridized carbons (Fsp3) is 0.556. The van der Waals surface area contributed by atoms with E-state index in [1.165, 1.54) is 5.56 Å². The molecule has 1 saturated heterocycles. The topological polar surface area (TPSA) is 57.6 Å². The number of carboxylic acids is 1. The number of carbonyl (C=O) groups excluding carboxylic acids is 1. The van der Waals surface area contributed by atoms with Gasteiger partial charge in [-0.25, -0.2) is 0 Å². The first-order chi connectivity index (χ1) is 10.4. The molecule has 22 heavy (non-hydrogen) atoms. The van der Waals surface area contributed by atoms with Gasteiger partial charge in [0, 0.05) is 25.1 Å². The molecule has 0 aliphatic carbocycles. The van der Waals surface area contributed by atoms with E-state index in [2.05, 4.69) is 0 Å². The molecule has 1 unspecified atom stereocenters. The van der Waals surface area contributed by atoms with Gasteiger partial charge in [0.1, 0.15) is 0 Å². The largest absolute Gasteiger partial charge is 0.481 e. The van der Waals surface area contributed by atoms with E-state index in [4.69, 9.17) is 5.11 Å². The van der Waals surface area contributed by atoms with Gasteiger partial charge < -0.3 is 10.0 Å². The lowest BCUT2D eigenvalue weighted by Gasteiger charge is -2.33. The first-order valence-electron chi connectivity index (χ1n) is 7.97. The van der Waals surface area contributed by atoms with E-state index < -0.39 is 5.97 Å². The molecule has 1 aromatic carbocycles. The highest BCUT2D eigenvalue weighted by molar-refractivity contribution is 5.97. The summed E-state index contributed by atoms with van der Waals surface area (Å²) in [6.07, 6.45) is 2.82. The van der Waals surface area contributed by atoms with Crippen LogP contribution in [0.2, 0.25) is 0 Å². The molecular weight excluding hydrogens is 278 g/mol. The number of amides is 1. The number of rotatable bonds is 4. The van der Waals surface area contributed by atoms with E-state index in [1.807, 2.05) is 37.8 Å². The Bertz CT molecular complexity index is 557. The van der Waals surface area contributed by atoms with Gasteiger partial charge in [-0.1, -0.05) is 17.7 Å². The Morgan fingerprint density at radius 3 is 2.45 bits per heavy atom. The van der Waals surface area contributed by atoms with Gasteiger partial charge >= 0.3 is 5.97 Å². The predicted octanol–water partition coefficient (Wildman–Crippen LogP) is 3.33. The maximum atomic E-state index is 12.8. The van der Waals surface area contributed by atoms with E-state index in [0.29, 0.717) is 18.9 Å². The average Bonchev–Trinajstić information content (AvgIpc) is 2.44. The molecule has 0 bridgehead atoms. The van der Waals surface area contributed by atoms with Crippen LogP contribution in [0.25, 0.3) is 0 Å². The van der Waals surface area contributed by atoms with E-state index in [9.17, 15) is 9.59 Å². The van der Waals surface area contributed by atoms with Gasteiger partial charge in [-0.2, -0.15) is 0 Å². The van der Waals surface area contributed by atoms with E-state index >= 15 is 0 Å². The van der Waals surface area contributed by atoms with Crippen LogP contribution >= 0.6 is 0 Å². The van der Waals surface area contributed by atoms with Crippen molar-refractivity contribution < 1.29 is 14.7 Å². The summed E-state index contributed by atoms with van der Waals surface area (Å²) in [5, 5.41) is 8.82. The quantitative estimate of drug-likeness (QED) is 0.928. The normalized spacial score (nSPS) is 18.3. The van der Waals surface area contributed by atoms with Crippen LogP contribution in [-0.2, 0) is 4.79 Å². The third kappa shape index (κ3) is 3.87. The van der Waals surface area contributed by atoms with Gasteiger partial charge in [0.15, 0.2) is 0 Å². The Kier molecular flexibility index (Phi) is 5.22. The van der Waals surface area contributed by atoms with Gasteiger partial charge in [0.05, 0.1) is 0 Å². The second-order valence-electron chi connectivity index (χ2n) is 6.47. The monoisotopic (exact) mass is 303 g/mol. The number of likely N-dealkylation sites (tertiary alicyclic amines) is 1. The van der Waals surface area contributed by atoms with Gasteiger partial charge in [-0.15, -0.1) is 0 Å². The van der Waals surface area contributed by atoms with Crippen molar-refractivity contribution in [1.82, 2.24) is 4.90 Å². The number of hydrogen-bond acceptors (Lipinski definition) is 2. The van der Waals surface area contributed by atoms with E-state index in [1.54, 1.807) is 0 Å². The lowest BCUT2D eigenvalue weighted by Crippen LogP contribution is -2.40. The zero-order valence-electron chi connectivity index (χ0n) is 13.7. The minimum atomic E-state index is -0.756. The lowest BCUT2D eigenvalue weighted by atomic mass is 9.92. The highest BCUT2D eigenvalue weighted by Gasteiger charge is 2.26. The van der Waals surface area contributed by atoms with Crippen molar-refractivity contribution in [2.75, 3.05) is 13.1 Å². The van der Waals surface area contributed by atoms with Gasteiger partial charge in [0.25, 0.3) is 5.91 Å². The van der Waals surface area contributed by atoms with Crippen molar-refractivity contribution in [3.05, 3.63) is 34.4 Å². The Morgan fingerprint density at radius 1 is 1.23 bits per heavy atom. The van der Waals surface area contributed by atoms with Crippen LogP contribution in [0, 0.1) is 26.7 Å². The second-order valence-corrected chi connectivity index (χ2v) is 6.47. The first-order valence-corrected chi connectivity index (χ1v) is 7.97. The minimum absolute atomic E-state index is 0.0926. The fourth-order valence-corrected chi connectivity index (χ4v) is 3.49. The summed E-state index contributed by atoms with van der Waals surface area (Å²) in [5.41, 5.74) is 4.03. The molecule has 0 spiro atoms. The third-order valence-corrected chi connectivity index (χ3v) is 4.46. The zero-order chi connectivity index (χ0) is 16.3. The van der Waals surface area contributed by atoms with Crippen LogP contribution in [0.15, 0.2) is 12.1 Å². The molecule has 0 saturated carbocycles. The van der Waals surface area contributed by atoms with Crippen LogP contribution in [-0.4, -0.2) is 35.0 Å². The van der Waals surface area contributed by atoms with Gasteiger partial charge in [-0.3, -0.25) is 9.59 Å². The number of benzene rings is 1. The summed E-state index contributed by atoms with van der Waals surface area (Å²) in [4.78, 5) is 25.5. The molecule has 1 aliphatic heterocycles. The lowest BCUT2D eigenvalue weighted by molar-refractivity contribution is -0.137. The molecule has 1 aliphatic rings. The maximum Gasteiger partial charge on any atom is 0.303 e. The number of piperidine rings is 1. The summed E-state index contributed by atoms with van der Waals surface area (Å²) in [7, 11) is 0. The van der Waals surface area contributed by atoms with Crippen LogP contribution in [0.5, 0.6) is 0 Å². The smallest absolute Gasteiger partial charge is 0.303 e. The Morgan fingerprint density at radius 2 is 1.86 bits per heavy atom. The van der Waals surface area contributed by atoms with E-state index in [0.717, 1.165) is 36.1 Å². The van der Waals surface area contributed by atoms with Crippen molar-refractivity contribution in [2.24, 2.45) is 5.92 Å². The fourth-order valence-electron chi connectivity index (χ4n) is 3.49. The van der Waals surface area contributed by atoms with Crippen molar-refractivity contribution >= 4 is 11.9 Å². The van der Waals surface area contributed by atoms with Crippen LogP contribution in [0.4, 0.5) is 0 Å². The molecule has 2 rings (SSSR count). The molecule has 120 valence electrons. The SMILES string of the molecule is Cc1cc(C)c(C(=O)N2CCCC(CCC(=O)O)C2)c(C)c1. The molecule has 4 nitrogen and oxygen atoms in total. The number of aliphatic carboxylic acids is 1. The summed E-state index contributed by atoms with van der Waals surface area (Å²) < 4.78 is 0. The highest BCUT2D eigenvalue weighted by Crippen LogP contribution is 2.25. The van der Waals surface area contributed by atoms with Crippen molar-refractivity contribution in [2.45, 2.75) is 46.5 Å². The Labute approximate surface area is 132 Å². The number of nitrogens with zero attached hydrogens (tertiary/aromatic N) is 1. The van der Waals surface area contributed by atoms with Crippen LogP contribution in [0.3, 0.4) is 0 Å². The molecular formula is C18H25NO3. The van der Waals surface area contributed by atoms with Crippen LogP contribution in [0.1, 0.15) is 52.7 Å². The molecule has 0 radical (unpaired) electrons. The average molecular weight is 303 g/mol. The predicted molar refractivity (Wildman–Crippen MR) is 86.2 cm³/mol. The number of carboxylic acid groups (broad SMARTS) is 1. The maximum absolute atomic E-state index is 12.8. The minimum Gasteiger partial charge on any atom is -0.481 e. The van der Waals surface area contributed by atoms with Gasteiger partial charge in [-0.05, 0) is 57.1 Å². The Balaban J connectivity index is 2.11. The number of aryl methyl sites for hydroxylation is 3. The zero-order valence-corrected chi connectivity index (χ0v) is 13.7. The number of carbonyl (C=O) groups is 2. The second kappa shape index (κ2) is 6.95. The standard InChI is InChI=1S/C18H25NO3/c1-12-9-13(2)17(14(3)10-12)18(22)19-8-4-5-15(11-19)6-7-16(20)21/h9-10,15H,4-8,11H2,1-3H3,(H,20,21). The Hall–Kier alpha value is -1.84. The highest BCUT2D eigenvalue weighted by atomic mass is 16.4. The van der Waals surface area contributed by atoms with Crippen molar-refractivity contribution in [1.29, 1.82) is 0 Å². The molecule has 1 atom stereocenters. The molecule has 1 aromatic rings. The van der Waals surface area contributed by atoms with Crippen molar-refractivity contribution in [3.63, 3.8) is 0 Å².